The first-order valence-corrected chi connectivity index (χ1v) is 6.10. The van der Waals surface area contributed by atoms with Crippen LogP contribution in [0.15, 0.2) is 36.4 Å². The van der Waals surface area contributed by atoms with Crippen molar-refractivity contribution in [2.24, 2.45) is 0 Å². The summed E-state index contributed by atoms with van der Waals surface area (Å²) in [5, 5.41) is 18.9. The molecule has 3 rings (SSSR count). The molecule has 3 nitrogen and oxygen atoms in total. The van der Waals surface area contributed by atoms with Crippen LogP contribution in [0, 0.1) is 22.7 Å². The molecule has 0 unspecified atom stereocenters. The average Bonchev–Trinajstić information content (AvgIpc) is 2.87. The van der Waals surface area contributed by atoms with Gasteiger partial charge in [0.2, 0.25) is 0 Å². The van der Waals surface area contributed by atoms with Gasteiger partial charge in [-0.15, -0.1) is 0 Å². The van der Waals surface area contributed by atoms with Crippen LogP contribution >= 0.6 is 0 Å². The van der Waals surface area contributed by atoms with Crippen molar-refractivity contribution in [3.05, 3.63) is 58.0 Å². The second kappa shape index (κ2) is 4.52. The van der Waals surface area contributed by atoms with Crippen molar-refractivity contribution in [3.8, 4) is 23.3 Å². The van der Waals surface area contributed by atoms with Gasteiger partial charge in [-0.25, -0.2) is 4.79 Å². The zero-order chi connectivity index (χ0) is 14.1. The third kappa shape index (κ3) is 1.56. The van der Waals surface area contributed by atoms with Crippen molar-refractivity contribution >= 4 is 11.5 Å². The second-order valence-corrected chi connectivity index (χ2v) is 4.55. The van der Waals surface area contributed by atoms with E-state index in [0.717, 1.165) is 22.3 Å². The molecule has 2 aromatic carbocycles. The molecule has 0 atom stereocenters. The fourth-order valence-electron chi connectivity index (χ4n) is 2.72. The maximum atomic E-state index is 11.1. The molecule has 0 fully saturated rings. The molecule has 0 saturated heterocycles. The fraction of sp³-hybridized carbons (Fsp3) is 0.0588. The number of rotatable bonds is 0. The molecule has 0 N–H and O–H groups in total. The lowest BCUT2D eigenvalue weighted by molar-refractivity contribution is 0.567. The molecule has 1 aliphatic carbocycles. The predicted molar refractivity (Wildman–Crippen MR) is 73.4 cm³/mol. The number of benzene rings is 2. The second-order valence-electron chi connectivity index (χ2n) is 4.55. The standard InChI is InChI=1S/C17H8N2O/c18-8-13(9-19)17-12(10-20)5-6-15-14-4-2-1-3-11(14)7-16(15)17/h1-6H,7H2. The molecule has 0 aromatic heterocycles. The number of hydrogen-bond donors (Lipinski definition) is 0. The Bertz CT molecular complexity index is 936. The largest absolute Gasteiger partial charge is 0.233 e. The Morgan fingerprint density at radius 3 is 2.45 bits per heavy atom. The quantitative estimate of drug-likeness (QED) is 0.601. The van der Waals surface area contributed by atoms with E-state index in [0.29, 0.717) is 11.6 Å². The minimum absolute atomic E-state index is 0.0343. The fourth-order valence-corrected chi connectivity index (χ4v) is 2.72. The Kier molecular flexibility index (Phi) is 2.70. The topological polar surface area (TPSA) is 64.7 Å². The molecule has 0 aliphatic heterocycles. The number of nitriles is 2. The van der Waals surface area contributed by atoms with E-state index in [9.17, 15) is 4.79 Å². The van der Waals surface area contributed by atoms with Gasteiger partial charge in [-0.3, -0.25) is 0 Å². The first kappa shape index (κ1) is 11.9. The third-order valence-electron chi connectivity index (χ3n) is 3.57. The molecule has 0 saturated carbocycles. The van der Waals surface area contributed by atoms with Gasteiger partial charge in [0.25, 0.3) is 0 Å². The summed E-state index contributed by atoms with van der Waals surface area (Å²) in [5.74, 6) is 1.83. The Balaban J connectivity index is 2.53. The predicted octanol–water partition coefficient (Wildman–Crippen LogP) is 0.959. The molecule has 2 aromatic rings. The van der Waals surface area contributed by atoms with Crippen LogP contribution in [-0.2, 0) is 11.2 Å². The highest BCUT2D eigenvalue weighted by atomic mass is 16.1. The summed E-state index contributed by atoms with van der Waals surface area (Å²) in [6.45, 7) is 0. The summed E-state index contributed by atoms with van der Waals surface area (Å²) < 4.78 is 0. The monoisotopic (exact) mass is 256 g/mol. The Hall–Kier alpha value is -3.13. The van der Waals surface area contributed by atoms with Gasteiger partial charge in [0.1, 0.15) is 23.7 Å². The minimum atomic E-state index is -0.0343. The molecule has 0 amide bonds. The van der Waals surface area contributed by atoms with E-state index in [1.807, 2.05) is 48.4 Å². The van der Waals surface area contributed by atoms with Crippen molar-refractivity contribution in [3.63, 3.8) is 0 Å². The van der Waals surface area contributed by atoms with E-state index >= 15 is 0 Å². The maximum Gasteiger partial charge on any atom is 0.138 e. The molecule has 92 valence electrons. The van der Waals surface area contributed by atoms with Crippen LogP contribution in [0.3, 0.4) is 0 Å². The lowest BCUT2D eigenvalue weighted by Crippen LogP contribution is -2.31. The molecule has 0 heterocycles. The van der Waals surface area contributed by atoms with E-state index in [1.165, 1.54) is 0 Å². The molecule has 0 radical (unpaired) electrons. The molecule has 1 aliphatic rings. The SMILES string of the molecule is N#CC(C#N)=c1c2c(ccc1=C=O)-c1ccccc1C2. The number of hydrogen-bond acceptors (Lipinski definition) is 3. The Labute approximate surface area is 115 Å². The summed E-state index contributed by atoms with van der Waals surface area (Å²) in [6, 6.07) is 15.2. The van der Waals surface area contributed by atoms with E-state index in [2.05, 4.69) is 0 Å². The summed E-state index contributed by atoms with van der Waals surface area (Å²) in [7, 11) is 0. The van der Waals surface area contributed by atoms with Crippen molar-refractivity contribution in [2.75, 3.05) is 0 Å². The van der Waals surface area contributed by atoms with E-state index in [4.69, 9.17) is 10.5 Å². The average molecular weight is 256 g/mol. The number of nitrogens with zero attached hydrogens (tertiary/aromatic N) is 2. The van der Waals surface area contributed by atoms with Gasteiger partial charge >= 0.3 is 0 Å². The van der Waals surface area contributed by atoms with Crippen LogP contribution in [0.25, 0.3) is 16.7 Å². The maximum absolute atomic E-state index is 11.1. The van der Waals surface area contributed by atoms with Crippen molar-refractivity contribution in [1.29, 1.82) is 10.5 Å². The molecular weight excluding hydrogens is 248 g/mol. The van der Waals surface area contributed by atoms with Gasteiger partial charge in [0, 0.05) is 5.22 Å². The minimum Gasteiger partial charge on any atom is -0.233 e. The molecule has 0 spiro atoms. The first-order chi connectivity index (χ1) is 9.80. The van der Waals surface area contributed by atoms with Gasteiger partial charge in [0.05, 0.1) is 5.22 Å². The summed E-state index contributed by atoms with van der Waals surface area (Å²) >= 11 is 0. The zero-order valence-electron chi connectivity index (χ0n) is 10.5. The van der Waals surface area contributed by atoms with Crippen LogP contribution < -0.4 is 10.4 Å². The van der Waals surface area contributed by atoms with Crippen molar-refractivity contribution in [2.45, 2.75) is 6.42 Å². The van der Waals surface area contributed by atoms with Crippen LogP contribution in [0.2, 0.25) is 0 Å². The number of fused-ring (bicyclic) bond motifs is 3. The highest BCUT2D eigenvalue weighted by Gasteiger charge is 2.20. The van der Waals surface area contributed by atoms with Gasteiger partial charge < -0.3 is 0 Å². The third-order valence-corrected chi connectivity index (χ3v) is 3.57. The lowest BCUT2D eigenvalue weighted by Gasteiger charge is -2.01. The van der Waals surface area contributed by atoms with Crippen LogP contribution in [0.5, 0.6) is 0 Å². The Morgan fingerprint density at radius 2 is 1.75 bits per heavy atom. The molecular formula is C17H8N2O. The van der Waals surface area contributed by atoms with Gasteiger partial charge in [-0.2, -0.15) is 10.5 Å². The molecule has 20 heavy (non-hydrogen) atoms. The van der Waals surface area contributed by atoms with Crippen molar-refractivity contribution in [1.82, 2.24) is 0 Å². The smallest absolute Gasteiger partial charge is 0.138 e. The first-order valence-electron chi connectivity index (χ1n) is 6.10. The summed E-state index contributed by atoms with van der Waals surface area (Å²) in [5.41, 5.74) is 4.05. The normalized spacial score (nSPS) is 10.7. The molecule has 3 heteroatoms. The Morgan fingerprint density at radius 1 is 1.00 bits per heavy atom. The highest BCUT2D eigenvalue weighted by Crippen LogP contribution is 2.33. The summed E-state index contributed by atoms with van der Waals surface area (Å²) in [6.07, 6.45) is 0.628. The van der Waals surface area contributed by atoms with Crippen LogP contribution in [-0.4, -0.2) is 5.94 Å². The zero-order valence-corrected chi connectivity index (χ0v) is 10.5. The van der Waals surface area contributed by atoms with E-state index in [1.54, 1.807) is 6.07 Å². The van der Waals surface area contributed by atoms with Crippen LogP contribution in [0.1, 0.15) is 11.1 Å². The molecule has 0 bridgehead atoms. The van der Waals surface area contributed by atoms with E-state index < -0.39 is 0 Å². The number of carbonyl (C=O) groups excluding carboxylic acids is 1. The highest BCUT2D eigenvalue weighted by molar-refractivity contribution is 5.82. The van der Waals surface area contributed by atoms with Crippen molar-refractivity contribution < 1.29 is 4.79 Å². The summed E-state index contributed by atoms with van der Waals surface area (Å²) in [4.78, 5) is 11.1. The van der Waals surface area contributed by atoms with Gasteiger partial charge in [0.15, 0.2) is 0 Å². The van der Waals surface area contributed by atoms with Gasteiger partial charge in [-0.1, -0.05) is 30.3 Å². The van der Waals surface area contributed by atoms with E-state index in [-0.39, 0.29) is 10.8 Å². The lowest BCUT2D eigenvalue weighted by atomic mass is 10.0. The van der Waals surface area contributed by atoms with Gasteiger partial charge in [-0.05, 0) is 34.7 Å². The van der Waals surface area contributed by atoms with Crippen LogP contribution in [0.4, 0.5) is 0 Å².